The van der Waals surface area contributed by atoms with Crippen LogP contribution in [0.4, 0.5) is 5.69 Å². The van der Waals surface area contributed by atoms with E-state index >= 15 is 0 Å². The second-order valence-electron chi connectivity index (χ2n) is 31.7. The summed E-state index contributed by atoms with van der Waals surface area (Å²) in [5.41, 5.74) is 25.8. The van der Waals surface area contributed by atoms with Crippen molar-refractivity contribution in [1.82, 2.24) is 44.9 Å². The highest BCUT2D eigenvalue weighted by Crippen LogP contribution is 2.41. The number of nitrogens with zero attached hydrogens (tertiary/aromatic N) is 12. The molecule has 0 bridgehead atoms. The van der Waals surface area contributed by atoms with Gasteiger partial charge in [0.1, 0.15) is 0 Å². The maximum atomic E-state index is 9.35. The molecular weight excluding hydrogens is 1610 g/mol. The molecule has 0 aliphatic heterocycles. The van der Waals surface area contributed by atoms with Crippen molar-refractivity contribution in [2.24, 2.45) is 0 Å². The van der Waals surface area contributed by atoms with E-state index in [1.165, 1.54) is 16.2 Å². The molecule has 3 heterocycles. The first kappa shape index (κ1) is 81.8. The van der Waals surface area contributed by atoms with E-state index in [9.17, 15) is 5.26 Å². The van der Waals surface area contributed by atoms with Gasteiger partial charge in [0, 0.05) is 50.1 Å². The summed E-state index contributed by atoms with van der Waals surface area (Å²) in [5.74, 6) is 5.79. The van der Waals surface area contributed by atoms with Crippen molar-refractivity contribution in [3.05, 3.63) is 484 Å². The molecule has 616 valence electrons. The van der Waals surface area contributed by atoms with Gasteiger partial charge in [0.25, 0.3) is 0 Å². The Hall–Kier alpha value is -18.5. The monoisotopic (exact) mass is 1680 g/mol. The van der Waals surface area contributed by atoms with Crippen LogP contribution in [0.2, 0.25) is 0 Å². The van der Waals surface area contributed by atoms with E-state index in [0.29, 0.717) is 69.2 Å². The quantitative estimate of drug-likeness (QED) is 0.0844. The van der Waals surface area contributed by atoms with Crippen LogP contribution in [-0.2, 0) is 0 Å². The SMILES string of the molecule is N#Cc1ccc(-c2cccc3cc(-c4ccc(-c5nc(-c6ccccc6)nc(-c6ccccc6)n5)cc4)ccc23)cc1.N#Cc1cccc(-c2cccc3cc(-c4ccc(-c5nc(-c6ccccc6)nc(-c6ccccc6)n5)cc4)ccc23)c1.[C-]#[N+]c1ccccc1-c1ccc(-c2cc(-c3ccc(-c4nc(-c5ccccc5)nc(-c5ccccc5)n4)cc3)cc3ccccc23)cc1. The number of para-hydroxylation sites is 1. The third-order valence-corrected chi connectivity index (χ3v) is 23.3. The summed E-state index contributed by atoms with van der Waals surface area (Å²) in [6.07, 6.45) is 0. The van der Waals surface area contributed by atoms with Gasteiger partial charge in [0.05, 0.1) is 29.8 Å². The van der Waals surface area contributed by atoms with Crippen LogP contribution in [0.25, 0.3) is 218 Å². The van der Waals surface area contributed by atoms with Crippen LogP contribution in [-0.4, -0.2) is 44.9 Å². The van der Waals surface area contributed by atoms with Crippen LogP contribution in [0, 0.1) is 29.2 Å². The van der Waals surface area contributed by atoms with Crippen molar-refractivity contribution in [3.63, 3.8) is 0 Å². The van der Waals surface area contributed by atoms with Crippen LogP contribution in [0.15, 0.2) is 461 Å². The maximum absolute atomic E-state index is 9.35. The molecule has 0 aliphatic carbocycles. The van der Waals surface area contributed by atoms with Gasteiger partial charge in [0.2, 0.25) is 0 Å². The van der Waals surface area contributed by atoms with Gasteiger partial charge in [-0.25, -0.2) is 49.7 Å². The molecular formula is C120H76N12. The summed E-state index contributed by atoms with van der Waals surface area (Å²) < 4.78 is 0. The lowest BCUT2D eigenvalue weighted by Crippen LogP contribution is -2.00. The summed E-state index contributed by atoms with van der Waals surface area (Å²) in [6.45, 7) is 7.57. The Morgan fingerprint density at radius 1 is 0.167 bits per heavy atom. The van der Waals surface area contributed by atoms with Crippen LogP contribution < -0.4 is 0 Å². The Morgan fingerprint density at radius 2 is 0.417 bits per heavy atom. The molecule has 0 unspecified atom stereocenters. The van der Waals surface area contributed by atoms with Crippen molar-refractivity contribution < 1.29 is 0 Å². The molecule has 0 radical (unpaired) electrons. The largest absolute Gasteiger partial charge is 0.238 e. The van der Waals surface area contributed by atoms with Crippen molar-refractivity contribution in [1.29, 1.82) is 10.5 Å². The molecule has 0 saturated heterocycles. The molecule has 22 aromatic rings. The molecule has 12 nitrogen and oxygen atoms in total. The summed E-state index contributed by atoms with van der Waals surface area (Å²) >= 11 is 0. The van der Waals surface area contributed by atoms with Gasteiger partial charge >= 0.3 is 0 Å². The number of hydrogen-bond acceptors (Lipinski definition) is 11. The molecule has 0 atom stereocenters. The average molecular weight is 1690 g/mol. The van der Waals surface area contributed by atoms with Crippen molar-refractivity contribution in [3.8, 4) is 193 Å². The normalized spacial score (nSPS) is 10.9. The van der Waals surface area contributed by atoms with Gasteiger partial charge in [-0.15, -0.1) is 0 Å². The fourth-order valence-electron chi connectivity index (χ4n) is 16.5. The van der Waals surface area contributed by atoms with E-state index in [2.05, 4.69) is 229 Å². The predicted octanol–water partition coefficient (Wildman–Crippen LogP) is 30.0. The molecule has 0 amide bonds. The van der Waals surface area contributed by atoms with Crippen LogP contribution in [0.5, 0.6) is 0 Å². The molecule has 0 aliphatic rings. The van der Waals surface area contributed by atoms with Crippen molar-refractivity contribution in [2.45, 2.75) is 0 Å². The number of rotatable bonds is 16. The third-order valence-electron chi connectivity index (χ3n) is 23.3. The standard InChI is InChI=1S/C44H28N4.2C38H24N4/c1-45-41-19-11-10-18-39(41)31-22-24-32(25-23-31)40-29-37(28-36-16-8-9-17-38(36)40)30-20-26-35(27-21-30)44-47-42(33-12-4-2-5-13-33)46-43(48-44)34-14-6-3-7-15-34;39-25-26-9-7-14-32(23-26)34-16-8-15-33-24-31(21-22-35(33)34)27-17-19-30(20-18-27)38-41-36(28-10-3-1-4-11-28)40-37(42-38)29-12-5-2-6-13-29;39-25-26-14-16-28(17-15-26)34-13-7-12-33-24-32(22-23-35(33)34)27-18-20-31(21-19-27)38-41-36(29-8-3-1-4-9-29)40-37(42-38)30-10-5-2-6-11-30/h2-29H;2*1-24H. The first-order valence-corrected chi connectivity index (χ1v) is 43.3. The van der Waals surface area contributed by atoms with Crippen LogP contribution in [0.1, 0.15) is 11.1 Å². The van der Waals surface area contributed by atoms with Crippen LogP contribution in [0.3, 0.4) is 0 Å². The number of aromatic nitrogens is 9. The van der Waals surface area contributed by atoms with Crippen LogP contribution >= 0.6 is 0 Å². The smallest absolute Gasteiger partial charge is 0.194 e. The number of hydrogen-bond donors (Lipinski definition) is 0. The first-order chi connectivity index (χ1) is 65.2. The fourth-order valence-corrected chi connectivity index (χ4v) is 16.5. The zero-order chi connectivity index (χ0) is 88.9. The molecule has 0 N–H and O–H groups in total. The second-order valence-corrected chi connectivity index (χ2v) is 31.7. The van der Waals surface area contributed by atoms with Gasteiger partial charge < -0.3 is 0 Å². The minimum Gasteiger partial charge on any atom is -0.238 e. The maximum Gasteiger partial charge on any atom is 0.194 e. The van der Waals surface area contributed by atoms with E-state index < -0.39 is 0 Å². The number of benzene rings is 19. The Bertz CT molecular complexity index is 7920. The Kier molecular flexibility index (Phi) is 23.4. The van der Waals surface area contributed by atoms with E-state index in [-0.39, 0.29) is 0 Å². The number of nitriles is 2. The van der Waals surface area contributed by atoms with E-state index in [1.807, 2.05) is 249 Å². The lowest BCUT2D eigenvalue weighted by molar-refractivity contribution is 1.07. The van der Waals surface area contributed by atoms with Gasteiger partial charge in [-0.2, -0.15) is 10.5 Å². The minimum atomic E-state index is 0.633. The molecule has 12 heteroatoms. The third kappa shape index (κ3) is 17.9. The Morgan fingerprint density at radius 3 is 0.795 bits per heavy atom. The summed E-state index contributed by atoms with van der Waals surface area (Å²) in [4.78, 5) is 47.3. The Balaban J connectivity index is 0.000000124. The highest BCUT2D eigenvalue weighted by molar-refractivity contribution is 6.03. The molecule has 132 heavy (non-hydrogen) atoms. The summed E-state index contributed by atoms with van der Waals surface area (Å²) in [6, 6.07) is 160. The lowest BCUT2D eigenvalue weighted by atomic mass is 9.92. The van der Waals surface area contributed by atoms with E-state index in [4.69, 9.17) is 56.7 Å². The topological polar surface area (TPSA) is 168 Å². The molecule has 19 aromatic carbocycles. The molecule has 0 fully saturated rings. The predicted molar refractivity (Wildman–Crippen MR) is 535 cm³/mol. The fraction of sp³-hybridized carbons (Fsp3) is 0. The van der Waals surface area contributed by atoms with E-state index in [0.717, 1.165) is 144 Å². The highest BCUT2D eigenvalue weighted by Gasteiger charge is 2.20. The molecule has 0 spiro atoms. The lowest BCUT2D eigenvalue weighted by Gasteiger charge is -2.13. The van der Waals surface area contributed by atoms with Gasteiger partial charge in [-0.1, -0.05) is 413 Å². The molecule has 22 rings (SSSR count). The van der Waals surface area contributed by atoms with Gasteiger partial charge in [-0.3, -0.25) is 0 Å². The zero-order valence-electron chi connectivity index (χ0n) is 71.2. The van der Waals surface area contributed by atoms with Gasteiger partial charge in [0.15, 0.2) is 58.1 Å². The average Bonchev–Trinajstić information content (AvgIpc) is 0.779. The summed E-state index contributed by atoms with van der Waals surface area (Å²) in [5, 5.41) is 25.5. The van der Waals surface area contributed by atoms with Gasteiger partial charge in [-0.05, 0) is 159 Å². The van der Waals surface area contributed by atoms with Crippen molar-refractivity contribution in [2.75, 3.05) is 0 Å². The van der Waals surface area contributed by atoms with Crippen molar-refractivity contribution >= 4 is 38.0 Å². The van der Waals surface area contributed by atoms with E-state index in [1.54, 1.807) is 0 Å². The highest BCUT2D eigenvalue weighted by atomic mass is 15.1. The molecule has 0 saturated carbocycles. The first-order valence-electron chi connectivity index (χ1n) is 43.3. The minimum absolute atomic E-state index is 0.633. The summed E-state index contributed by atoms with van der Waals surface area (Å²) in [7, 11) is 0. The zero-order valence-corrected chi connectivity index (χ0v) is 71.2. The second kappa shape index (κ2) is 37.7. The number of fused-ring (bicyclic) bond motifs is 3. The molecule has 3 aromatic heterocycles. The Labute approximate surface area is 764 Å².